The van der Waals surface area contributed by atoms with Gasteiger partial charge in [-0.2, -0.15) is 0 Å². The highest BCUT2D eigenvalue weighted by molar-refractivity contribution is 6.71. The van der Waals surface area contributed by atoms with Crippen LogP contribution in [0.15, 0.2) is 12.2 Å². The average Bonchev–Trinajstić information content (AvgIpc) is 2.07. The van der Waals surface area contributed by atoms with E-state index >= 15 is 0 Å². The SMILES string of the molecule is C=C(CCCO[Si](C)(C)C)C(=O)O[Si](C)(C)C. The summed E-state index contributed by atoms with van der Waals surface area (Å²) in [5, 5.41) is 0. The van der Waals surface area contributed by atoms with Crippen molar-refractivity contribution in [3.8, 4) is 0 Å². The Kier molecular flexibility index (Phi) is 6.36. The summed E-state index contributed by atoms with van der Waals surface area (Å²) in [6.07, 6.45) is 1.50. The summed E-state index contributed by atoms with van der Waals surface area (Å²) in [5.41, 5.74) is 0.562. The van der Waals surface area contributed by atoms with Crippen molar-refractivity contribution in [2.24, 2.45) is 0 Å². The molecule has 0 atom stereocenters. The van der Waals surface area contributed by atoms with Crippen molar-refractivity contribution >= 4 is 22.6 Å². The first-order valence-electron chi connectivity index (χ1n) is 6.06. The van der Waals surface area contributed by atoms with Crippen molar-refractivity contribution in [1.29, 1.82) is 0 Å². The van der Waals surface area contributed by atoms with Crippen LogP contribution in [0, 0.1) is 0 Å². The van der Waals surface area contributed by atoms with Gasteiger partial charge in [-0.3, -0.25) is 0 Å². The van der Waals surface area contributed by atoms with Crippen LogP contribution >= 0.6 is 0 Å². The zero-order chi connectivity index (χ0) is 13.7. The van der Waals surface area contributed by atoms with Crippen LogP contribution in [-0.2, 0) is 13.6 Å². The topological polar surface area (TPSA) is 35.5 Å². The van der Waals surface area contributed by atoms with Gasteiger partial charge in [0.2, 0.25) is 8.32 Å². The largest absolute Gasteiger partial charge is 0.517 e. The number of carbonyl (C=O) groups is 1. The molecule has 0 heterocycles. The van der Waals surface area contributed by atoms with E-state index in [-0.39, 0.29) is 5.97 Å². The number of hydrogen-bond donors (Lipinski definition) is 0. The Hall–Kier alpha value is -0.396. The molecular weight excluding hydrogens is 248 g/mol. The van der Waals surface area contributed by atoms with Gasteiger partial charge >= 0.3 is 5.97 Å². The molecule has 3 nitrogen and oxygen atoms in total. The molecule has 0 amide bonds. The third-order valence-corrected chi connectivity index (χ3v) is 3.71. The lowest BCUT2D eigenvalue weighted by atomic mass is 10.2. The van der Waals surface area contributed by atoms with E-state index in [1.165, 1.54) is 0 Å². The van der Waals surface area contributed by atoms with Crippen molar-refractivity contribution in [2.75, 3.05) is 6.61 Å². The standard InChI is InChI=1S/C12H26O3Si2/c1-11(12(13)15-17(5,6)7)9-8-10-14-16(2,3)4/h1,8-10H2,2-7H3. The third kappa shape index (κ3) is 10.5. The third-order valence-electron chi connectivity index (χ3n) is 1.85. The summed E-state index contributed by atoms with van der Waals surface area (Å²) in [6.45, 7) is 16.9. The minimum absolute atomic E-state index is 0.239. The molecule has 0 rings (SSSR count). The fourth-order valence-corrected chi connectivity index (χ4v) is 2.57. The summed E-state index contributed by atoms with van der Waals surface area (Å²) in [5.74, 6) is -0.239. The smallest absolute Gasteiger partial charge is 0.320 e. The number of carbonyl (C=O) groups excluding carboxylic acids is 1. The van der Waals surface area contributed by atoms with Crippen LogP contribution in [0.5, 0.6) is 0 Å². The molecule has 0 bridgehead atoms. The van der Waals surface area contributed by atoms with Crippen molar-refractivity contribution in [3.63, 3.8) is 0 Å². The first-order chi connectivity index (χ1) is 7.51. The minimum atomic E-state index is -1.80. The first-order valence-corrected chi connectivity index (χ1v) is 12.9. The predicted octanol–water partition coefficient (Wildman–Crippen LogP) is 3.55. The van der Waals surface area contributed by atoms with Gasteiger partial charge in [-0.05, 0) is 52.1 Å². The maximum Gasteiger partial charge on any atom is 0.320 e. The zero-order valence-corrected chi connectivity index (χ0v) is 14.1. The fraction of sp³-hybridized carbons (Fsp3) is 0.750. The molecule has 0 aliphatic heterocycles. The van der Waals surface area contributed by atoms with E-state index in [4.69, 9.17) is 8.85 Å². The van der Waals surface area contributed by atoms with Gasteiger partial charge in [0, 0.05) is 12.2 Å². The molecule has 0 N–H and O–H groups in total. The molecule has 0 aromatic carbocycles. The van der Waals surface area contributed by atoms with E-state index in [1.54, 1.807) is 0 Å². The Morgan fingerprint density at radius 2 is 1.59 bits per heavy atom. The van der Waals surface area contributed by atoms with Crippen molar-refractivity contribution < 1.29 is 13.6 Å². The maximum atomic E-state index is 11.6. The Bertz CT molecular complexity index is 274. The first kappa shape index (κ1) is 16.6. The Balaban J connectivity index is 3.84. The van der Waals surface area contributed by atoms with E-state index in [1.807, 2.05) is 19.6 Å². The lowest BCUT2D eigenvalue weighted by Gasteiger charge is -2.19. The predicted molar refractivity (Wildman–Crippen MR) is 77.1 cm³/mol. The molecule has 0 saturated heterocycles. The Labute approximate surface area is 107 Å². The van der Waals surface area contributed by atoms with Gasteiger partial charge in [0.05, 0.1) is 0 Å². The maximum absolute atomic E-state index is 11.6. The van der Waals surface area contributed by atoms with Gasteiger partial charge in [-0.15, -0.1) is 0 Å². The highest BCUT2D eigenvalue weighted by Gasteiger charge is 2.21. The molecule has 0 saturated carbocycles. The van der Waals surface area contributed by atoms with Gasteiger partial charge in [0.15, 0.2) is 8.32 Å². The van der Waals surface area contributed by atoms with E-state index < -0.39 is 16.6 Å². The molecule has 0 unspecified atom stereocenters. The van der Waals surface area contributed by atoms with Crippen molar-refractivity contribution in [1.82, 2.24) is 0 Å². The lowest BCUT2D eigenvalue weighted by molar-refractivity contribution is -0.131. The Morgan fingerprint density at radius 3 is 2.00 bits per heavy atom. The molecule has 0 aromatic rings. The van der Waals surface area contributed by atoms with Gasteiger partial charge in [-0.1, -0.05) is 6.58 Å². The van der Waals surface area contributed by atoms with Crippen molar-refractivity contribution in [3.05, 3.63) is 12.2 Å². The molecule has 0 aliphatic rings. The zero-order valence-electron chi connectivity index (χ0n) is 12.1. The molecule has 17 heavy (non-hydrogen) atoms. The second-order valence-corrected chi connectivity index (χ2v) is 15.1. The summed E-state index contributed by atoms with van der Waals surface area (Å²) < 4.78 is 11.1. The Morgan fingerprint density at radius 1 is 1.06 bits per heavy atom. The quantitative estimate of drug-likeness (QED) is 0.404. The van der Waals surface area contributed by atoms with E-state index in [0.717, 1.165) is 6.42 Å². The van der Waals surface area contributed by atoms with Crippen LogP contribution in [-0.4, -0.2) is 29.2 Å². The second kappa shape index (κ2) is 6.51. The fourth-order valence-electron chi connectivity index (χ4n) is 1.12. The molecule has 0 radical (unpaired) electrons. The van der Waals surface area contributed by atoms with E-state index in [0.29, 0.717) is 18.6 Å². The van der Waals surface area contributed by atoms with Crippen molar-refractivity contribution in [2.45, 2.75) is 52.1 Å². The highest BCUT2D eigenvalue weighted by Crippen LogP contribution is 2.12. The highest BCUT2D eigenvalue weighted by atomic mass is 28.4. The molecule has 5 heteroatoms. The van der Waals surface area contributed by atoms with Crippen LogP contribution in [0.3, 0.4) is 0 Å². The van der Waals surface area contributed by atoms with Gasteiger partial charge in [0.1, 0.15) is 0 Å². The molecule has 0 aliphatic carbocycles. The van der Waals surface area contributed by atoms with Crippen LogP contribution < -0.4 is 0 Å². The van der Waals surface area contributed by atoms with Gasteiger partial charge in [0.25, 0.3) is 0 Å². The van der Waals surface area contributed by atoms with E-state index in [2.05, 4.69) is 26.2 Å². The molecule has 0 fully saturated rings. The van der Waals surface area contributed by atoms with Gasteiger partial charge < -0.3 is 8.85 Å². The second-order valence-electron chi connectivity index (χ2n) is 6.17. The molecule has 0 aromatic heterocycles. The molecule has 0 spiro atoms. The van der Waals surface area contributed by atoms with Gasteiger partial charge in [-0.25, -0.2) is 4.79 Å². The summed E-state index contributed by atoms with van der Waals surface area (Å²) >= 11 is 0. The summed E-state index contributed by atoms with van der Waals surface area (Å²) in [6, 6.07) is 0. The van der Waals surface area contributed by atoms with Crippen LogP contribution in [0.25, 0.3) is 0 Å². The number of hydrogen-bond acceptors (Lipinski definition) is 3. The monoisotopic (exact) mass is 274 g/mol. The normalized spacial score (nSPS) is 12.4. The molecular formula is C12H26O3Si2. The van der Waals surface area contributed by atoms with Crippen LogP contribution in [0.2, 0.25) is 39.3 Å². The van der Waals surface area contributed by atoms with E-state index in [9.17, 15) is 4.79 Å². The molecule has 100 valence electrons. The number of rotatable bonds is 7. The van der Waals surface area contributed by atoms with Crippen LogP contribution in [0.4, 0.5) is 0 Å². The summed E-state index contributed by atoms with van der Waals surface area (Å²) in [7, 11) is -3.23. The lowest BCUT2D eigenvalue weighted by Crippen LogP contribution is -2.30. The summed E-state index contributed by atoms with van der Waals surface area (Å²) in [4.78, 5) is 11.6. The average molecular weight is 275 g/mol. The minimum Gasteiger partial charge on any atom is -0.517 e. The van der Waals surface area contributed by atoms with Crippen LogP contribution in [0.1, 0.15) is 12.8 Å².